The van der Waals surface area contributed by atoms with Crippen molar-refractivity contribution < 1.29 is 10.0 Å². The smallest absolute Gasteiger partial charge is 0.315 e. The number of nitrogens with two attached hydrogens (primary N) is 1. The summed E-state index contributed by atoms with van der Waals surface area (Å²) in [4.78, 5) is 13.0. The lowest BCUT2D eigenvalue weighted by molar-refractivity contribution is -0.426. The van der Waals surface area contributed by atoms with Crippen molar-refractivity contribution in [3.05, 3.63) is 22.0 Å². The molecule has 0 aromatic heterocycles. The number of allylic oxidation sites excluding steroid dienone is 1. The second-order valence-electron chi connectivity index (χ2n) is 2.18. The summed E-state index contributed by atoms with van der Waals surface area (Å²) in [6, 6.07) is -0.263. The van der Waals surface area contributed by atoms with Gasteiger partial charge in [0, 0.05) is 12.3 Å². The van der Waals surface area contributed by atoms with Crippen molar-refractivity contribution in [1.82, 2.24) is 0 Å². The summed E-state index contributed by atoms with van der Waals surface area (Å²) in [7, 11) is 0. The van der Waals surface area contributed by atoms with E-state index in [4.69, 9.17) is 10.8 Å². The molecule has 3 N–H and O–H groups in total. The minimum atomic E-state index is -0.713. The van der Waals surface area contributed by atoms with E-state index in [-0.39, 0.29) is 12.6 Å². The summed E-state index contributed by atoms with van der Waals surface area (Å²) in [5.41, 5.74) is 4.95. The van der Waals surface area contributed by atoms with E-state index in [0.29, 0.717) is 0 Å². The molecule has 0 aromatic rings. The van der Waals surface area contributed by atoms with Gasteiger partial charge in [0.1, 0.15) is 0 Å². The molecular weight excluding hydrogens is 162 g/mol. The lowest BCUT2D eigenvalue weighted by atomic mass is 10.4. The quantitative estimate of drug-likeness (QED) is 0.340. The maximum Gasteiger partial charge on any atom is 0.315 e. The molecule has 0 aliphatic rings. The topological polar surface area (TPSA) is 102 Å². The third-order valence-electron chi connectivity index (χ3n) is 1.06. The molecule has 0 saturated heterocycles. The molecule has 0 aliphatic carbocycles. The number of nitrogens with zero attached hydrogens (tertiary/aromatic N) is 2. The highest BCUT2D eigenvalue weighted by molar-refractivity contribution is 5.71. The van der Waals surface area contributed by atoms with E-state index in [2.05, 4.69) is 4.99 Å². The summed E-state index contributed by atoms with van der Waals surface area (Å²) in [6.07, 6.45) is 2.28. The fourth-order valence-corrected chi connectivity index (χ4v) is 0.374. The zero-order valence-corrected chi connectivity index (χ0v) is 6.67. The van der Waals surface area contributed by atoms with Crippen molar-refractivity contribution in [3.63, 3.8) is 0 Å². The van der Waals surface area contributed by atoms with Crippen molar-refractivity contribution >= 4 is 6.21 Å². The van der Waals surface area contributed by atoms with Crippen LogP contribution in [-0.2, 0) is 0 Å². The van der Waals surface area contributed by atoms with Gasteiger partial charge < -0.3 is 15.2 Å². The molecule has 0 heterocycles. The Labute approximate surface area is 69.6 Å². The van der Waals surface area contributed by atoms with Crippen LogP contribution in [0.15, 0.2) is 16.9 Å². The first kappa shape index (κ1) is 10.6. The van der Waals surface area contributed by atoms with Crippen LogP contribution in [0.4, 0.5) is 0 Å². The standard InChI is InChI=1S/C6H11N3O3/c1-5(4-10)8-3-2-6(7)9(11)12/h2-3,5,10H,4,7H2,1H3/b6-2+,8-3?/t5-/m1/s1. The molecule has 0 amide bonds. The van der Waals surface area contributed by atoms with E-state index in [1.165, 1.54) is 6.21 Å². The van der Waals surface area contributed by atoms with Crippen LogP contribution >= 0.6 is 0 Å². The first-order valence-electron chi connectivity index (χ1n) is 3.32. The molecule has 0 bridgehead atoms. The predicted octanol–water partition coefficient (Wildman–Crippen LogP) is -0.485. The molecule has 12 heavy (non-hydrogen) atoms. The van der Waals surface area contributed by atoms with Gasteiger partial charge in [0.15, 0.2) is 0 Å². The van der Waals surface area contributed by atoms with Gasteiger partial charge in [-0.05, 0) is 11.8 Å². The highest BCUT2D eigenvalue weighted by Crippen LogP contribution is 1.86. The van der Waals surface area contributed by atoms with E-state index in [1.54, 1.807) is 6.92 Å². The van der Waals surface area contributed by atoms with E-state index in [9.17, 15) is 10.1 Å². The highest BCUT2D eigenvalue weighted by atomic mass is 16.6. The number of aliphatic imine (C=N–C) groups is 1. The SMILES string of the molecule is C[C@H](CO)N=C/C=C(\N)[N+](=O)[O-]. The largest absolute Gasteiger partial charge is 0.394 e. The van der Waals surface area contributed by atoms with Crippen molar-refractivity contribution in [2.24, 2.45) is 10.7 Å². The van der Waals surface area contributed by atoms with Gasteiger partial charge in [0.05, 0.1) is 12.6 Å². The Morgan fingerprint density at radius 3 is 2.92 bits per heavy atom. The van der Waals surface area contributed by atoms with Crippen molar-refractivity contribution in [2.75, 3.05) is 6.61 Å². The Morgan fingerprint density at radius 1 is 1.92 bits per heavy atom. The molecule has 68 valence electrons. The number of aliphatic hydroxyl groups is 1. The Kier molecular flexibility index (Phi) is 4.62. The fourth-order valence-electron chi connectivity index (χ4n) is 0.374. The van der Waals surface area contributed by atoms with Gasteiger partial charge in [-0.1, -0.05) is 0 Å². The van der Waals surface area contributed by atoms with Crippen LogP contribution in [0.5, 0.6) is 0 Å². The average Bonchev–Trinajstić information content (AvgIpc) is 2.03. The maximum absolute atomic E-state index is 9.95. The summed E-state index contributed by atoms with van der Waals surface area (Å²) in [6.45, 7) is 1.58. The van der Waals surface area contributed by atoms with Gasteiger partial charge in [-0.2, -0.15) is 0 Å². The average molecular weight is 173 g/mol. The van der Waals surface area contributed by atoms with Gasteiger partial charge in [-0.15, -0.1) is 0 Å². The zero-order valence-electron chi connectivity index (χ0n) is 6.67. The van der Waals surface area contributed by atoms with E-state index in [1.807, 2.05) is 0 Å². The van der Waals surface area contributed by atoms with Gasteiger partial charge in [-0.3, -0.25) is 10.7 Å². The minimum Gasteiger partial charge on any atom is -0.394 e. The summed E-state index contributed by atoms with van der Waals surface area (Å²) >= 11 is 0. The molecule has 0 spiro atoms. The molecule has 0 unspecified atom stereocenters. The lowest BCUT2D eigenvalue weighted by Gasteiger charge is -1.96. The number of rotatable bonds is 4. The molecule has 1 atom stereocenters. The van der Waals surface area contributed by atoms with Crippen LogP contribution in [0.25, 0.3) is 0 Å². The van der Waals surface area contributed by atoms with Gasteiger partial charge in [-0.25, -0.2) is 0 Å². The van der Waals surface area contributed by atoms with Gasteiger partial charge >= 0.3 is 5.82 Å². The van der Waals surface area contributed by atoms with E-state index < -0.39 is 10.7 Å². The Balaban J connectivity index is 4.03. The van der Waals surface area contributed by atoms with E-state index >= 15 is 0 Å². The van der Waals surface area contributed by atoms with Crippen molar-refractivity contribution in [3.8, 4) is 0 Å². The van der Waals surface area contributed by atoms with Crippen molar-refractivity contribution in [1.29, 1.82) is 0 Å². The summed E-state index contributed by atoms with van der Waals surface area (Å²) in [5, 5.41) is 18.5. The second-order valence-corrected chi connectivity index (χ2v) is 2.18. The van der Waals surface area contributed by atoms with Crippen LogP contribution in [0.2, 0.25) is 0 Å². The summed E-state index contributed by atoms with van der Waals surface area (Å²) < 4.78 is 0. The first-order valence-corrected chi connectivity index (χ1v) is 3.32. The second kappa shape index (κ2) is 5.25. The molecule has 6 nitrogen and oxygen atoms in total. The molecule has 0 saturated carbocycles. The van der Waals surface area contributed by atoms with Crippen molar-refractivity contribution in [2.45, 2.75) is 13.0 Å². The lowest BCUT2D eigenvalue weighted by Crippen LogP contribution is -2.09. The zero-order chi connectivity index (χ0) is 9.56. The minimum absolute atomic E-state index is 0.0945. The molecule has 6 heteroatoms. The molecular formula is C6H11N3O3. The third kappa shape index (κ3) is 4.40. The molecule has 0 aromatic carbocycles. The number of hydrogen-bond acceptors (Lipinski definition) is 5. The number of nitro groups is 1. The van der Waals surface area contributed by atoms with Crippen LogP contribution < -0.4 is 5.73 Å². The van der Waals surface area contributed by atoms with Gasteiger partial charge in [0.25, 0.3) is 0 Å². The predicted molar refractivity (Wildman–Crippen MR) is 44.3 cm³/mol. The fraction of sp³-hybridized carbons (Fsp3) is 0.500. The highest BCUT2D eigenvalue weighted by Gasteiger charge is 1.96. The molecule has 0 fully saturated rings. The van der Waals surface area contributed by atoms with E-state index in [0.717, 1.165) is 6.08 Å². The van der Waals surface area contributed by atoms with Crippen LogP contribution in [0, 0.1) is 10.1 Å². The monoisotopic (exact) mass is 173 g/mol. The third-order valence-corrected chi connectivity index (χ3v) is 1.06. The Morgan fingerprint density at radius 2 is 2.50 bits per heavy atom. The number of aliphatic hydroxyl groups excluding tert-OH is 1. The number of hydrogen-bond donors (Lipinski definition) is 2. The summed E-state index contributed by atoms with van der Waals surface area (Å²) in [5.74, 6) is -0.469. The van der Waals surface area contributed by atoms with Crippen LogP contribution in [-0.4, -0.2) is 28.9 Å². The molecule has 0 rings (SSSR count). The Bertz CT molecular complexity index is 212. The first-order chi connectivity index (χ1) is 5.57. The maximum atomic E-state index is 9.95. The van der Waals surface area contributed by atoms with Crippen LogP contribution in [0.3, 0.4) is 0 Å². The molecule has 0 aliphatic heterocycles. The van der Waals surface area contributed by atoms with Gasteiger partial charge in [0.2, 0.25) is 0 Å². The normalized spacial score (nSPS) is 15.0. The molecule has 0 radical (unpaired) electrons. The Hall–Kier alpha value is -1.43. The van der Waals surface area contributed by atoms with Crippen LogP contribution in [0.1, 0.15) is 6.92 Å².